The first-order valence-electron chi connectivity index (χ1n) is 7.38. The zero-order chi connectivity index (χ0) is 16.5. The number of benzene rings is 1. The minimum atomic E-state index is -0.0388. The number of nitrogens with zero attached hydrogens (tertiary/aromatic N) is 4. The zero-order valence-corrected chi connectivity index (χ0v) is 14.2. The van der Waals surface area contributed by atoms with Crippen molar-refractivity contribution in [3.8, 4) is 0 Å². The summed E-state index contributed by atoms with van der Waals surface area (Å²) in [6.45, 7) is 0.996. The van der Waals surface area contributed by atoms with Crippen LogP contribution in [0.4, 0.5) is 5.69 Å². The molecule has 120 valence electrons. The molecule has 0 amide bonds. The van der Waals surface area contributed by atoms with Crippen LogP contribution in [-0.4, -0.2) is 16.2 Å². The fraction of sp³-hybridized carbons (Fsp3) is 0.118. The summed E-state index contributed by atoms with van der Waals surface area (Å²) in [6, 6.07) is 13.2. The van der Waals surface area contributed by atoms with Crippen LogP contribution in [0.5, 0.6) is 0 Å². The summed E-state index contributed by atoms with van der Waals surface area (Å²) in [5.41, 5.74) is 1.72. The third-order valence-electron chi connectivity index (χ3n) is 3.74. The molecule has 0 saturated heterocycles. The molecule has 0 radical (unpaired) electrons. The summed E-state index contributed by atoms with van der Waals surface area (Å²) < 4.78 is 2.34. The Morgan fingerprint density at radius 1 is 1.17 bits per heavy atom. The van der Waals surface area contributed by atoms with Crippen molar-refractivity contribution in [1.29, 1.82) is 0 Å². The Balaban J connectivity index is 1.71. The number of hydrogen-bond acceptors (Lipinski definition) is 5. The molecule has 0 N–H and O–H groups in total. The lowest BCUT2D eigenvalue weighted by molar-refractivity contribution is 0.569. The third-order valence-corrected chi connectivity index (χ3v) is 5.03. The molecule has 0 atom stereocenters. The van der Waals surface area contributed by atoms with Gasteiger partial charge >= 0.3 is 0 Å². The lowest BCUT2D eigenvalue weighted by Crippen LogP contribution is -2.42. The molecule has 5 nitrogen and oxygen atoms in total. The molecule has 0 spiro atoms. The van der Waals surface area contributed by atoms with Crippen LogP contribution < -0.4 is 19.8 Å². The Hall–Kier alpha value is -2.44. The number of pyridine rings is 1. The van der Waals surface area contributed by atoms with Crippen molar-refractivity contribution < 1.29 is 0 Å². The van der Waals surface area contributed by atoms with Crippen molar-refractivity contribution in [3.63, 3.8) is 0 Å². The second kappa shape index (κ2) is 6.22. The van der Waals surface area contributed by atoms with E-state index < -0.39 is 0 Å². The highest BCUT2D eigenvalue weighted by molar-refractivity contribution is 7.07. The molecule has 1 aliphatic heterocycles. The quantitative estimate of drug-likeness (QED) is 0.704. The number of fused-ring (bicyclic) bond motifs is 1. The van der Waals surface area contributed by atoms with Gasteiger partial charge in [-0.1, -0.05) is 29.0 Å². The van der Waals surface area contributed by atoms with Crippen LogP contribution in [0.15, 0.2) is 58.4 Å². The first kappa shape index (κ1) is 15.1. The van der Waals surface area contributed by atoms with Gasteiger partial charge in [0.15, 0.2) is 4.80 Å². The van der Waals surface area contributed by atoms with E-state index in [1.807, 2.05) is 47.4 Å². The lowest BCUT2D eigenvalue weighted by Gasteiger charge is -2.25. The van der Waals surface area contributed by atoms with Crippen LogP contribution >= 0.6 is 22.9 Å². The Bertz CT molecular complexity index is 1040. The van der Waals surface area contributed by atoms with E-state index in [1.165, 1.54) is 11.3 Å². The smallest absolute Gasteiger partial charge is 0.271 e. The number of anilines is 1. The molecule has 0 saturated carbocycles. The Morgan fingerprint density at radius 3 is 2.75 bits per heavy atom. The van der Waals surface area contributed by atoms with E-state index in [0.29, 0.717) is 22.9 Å². The Labute approximate surface area is 146 Å². The fourth-order valence-corrected chi connectivity index (χ4v) is 3.60. The maximum Gasteiger partial charge on any atom is 0.271 e. The molecule has 24 heavy (non-hydrogen) atoms. The molecule has 0 aliphatic carbocycles. The SMILES string of the molecule is O=c1c(=Cc2ccccn2)sc2n1CN(c1ccc(Cl)cc1)CN=2. The summed E-state index contributed by atoms with van der Waals surface area (Å²) in [7, 11) is 0. The van der Waals surface area contributed by atoms with Gasteiger partial charge in [-0.15, -0.1) is 0 Å². The predicted molar refractivity (Wildman–Crippen MR) is 96.0 cm³/mol. The zero-order valence-electron chi connectivity index (χ0n) is 12.6. The second-order valence-corrected chi connectivity index (χ2v) is 6.78. The fourth-order valence-electron chi connectivity index (χ4n) is 2.52. The molecule has 7 heteroatoms. The van der Waals surface area contributed by atoms with Crippen molar-refractivity contribution in [3.05, 3.63) is 79.1 Å². The Morgan fingerprint density at radius 2 is 2.00 bits per heavy atom. The van der Waals surface area contributed by atoms with Gasteiger partial charge in [0.05, 0.1) is 10.2 Å². The molecule has 2 aromatic heterocycles. The van der Waals surface area contributed by atoms with Crippen molar-refractivity contribution >= 4 is 34.7 Å². The first-order valence-corrected chi connectivity index (χ1v) is 8.57. The molecule has 1 aliphatic rings. The average molecular weight is 357 g/mol. The van der Waals surface area contributed by atoms with Gasteiger partial charge in [-0.3, -0.25) is 14.3 Å². The minimum Gasteiger partial charge on any atom is -0.334 e. The van der Waals surface area contributed by atoms with Gasteiger partial charge in [-0.05, 0) is 42.5 Å². The van der Waals surface area contributed by atoms with Gasteiger partial charge in [0.25, 0.3) is 5.56 Å². The number of rotatable bonds is 2. The highest BCUT2D eigenvalue weighted by Crippen LogP contribution is 2.18. The van der Waals surface area contributed by atoms with Crippen molar-refractivity contribution in [2.24, 2.45) is 4.99 Å². The molecule has 0 unspecified atom stereocenters. The molecular formula is C17H13ClN4OS. The Kier molecular flexibility index (Phi) is 3.92. The van der Waals surface area contributed by atoms with Crippen LogP contribution in [0.3, 0.4) is 0 Å². The highest BCUT2D eigenvalue weighted by atomic mass is 35.5. The molecule has 1 aromatic carbocycles. The second-order valence-electron chi connectivity index (χ2n) is 5.34. The first-order chi connectivity index (χ1) is 11.7. The van der Waals surface area contributed by atoms with Crippen LogP contribution in [0.1, 0.15) is 5.69 Å². The van der Waals surface area contributed by atoms with E-state index in [-0.39, 0.29) is 5.56 Å². The summed E-state index contributed by atoms with van der Waals surface area (Å²) in [6.07, 6.45) is 3.52. The van der Waals surface area contributed by atoms with Gasteiger partial charge in [0.1, 0.15) is 13.3 Å². The van der Waals surface area contributed by atoms with Gasteiger partial charge in [-0.25, -0.2) is 4.99 Å². The maximum absolute atomic E-state index is 12.7. The number of hydrogen-bond donors (Lipinski definition) is 0. The monoisotopic (exact) mass is 356 g/mol. The number of halogens is 1. The normalized spacial score (nSPS) is 14.4. The molecule has 0 fully saturated rings. The largest absolute Gasteiger partial charge is 0.334 e. The van der Waals surface area contributed by atoms with Gasteiger partial charge in [-0.2, -0.15) is 0 Å². The van der Waals surface area contributed by atoms with Crippen molar-refractivity contribution in [2.75, 3.05) is 11.6 Å². The maximum atomic E-state index is 12.7. The molecule has 4 rings (SSSR count). The lowest BCUT2D eigenvalue weighted by atomic mass is 10.3. The van der Waals surface area contributed by atoms with Crippen molar-refractivity contribution in [1.82, 2.24) is 9.55 Å². The summed E-state index contributed by atoms with van der Waals surface area (Å²) in [5, 5.41) is 0.688. The predicted octanol–water partition coefficient (Wildman–Crippen LogP) is 1.84. The molecule has 3 aromatic rings. The summed E-state index contributed by atoms with van der Waals surface area (Å²) in [4.78, 5) is 24.2. The van der Waals surface area contributed by atoms with Crippen LogP contribution in [-0.2, 0) is 6.67 Å². The summed E-state index contributed by atoms with van der Waals surface area (Å²) >= 11 is 7.33. The van der Waals surface area contributed by atoms with Gasteiger partial charge in [0, 0.05) is 16.9 Å². The molecular weight excluding hydrogens is 344 g/mol. The van der Waals surface area contributed by atoms with Crippen molar-refractivity contribution in [2.45, 2.75) is 6.67 Å². The number of thiazole rings is 1. The van der Waals surface area contributed by atoms with Crippen LogP contribution in [0.2, 0.25) is 5.02 Å². The standard InChI is InChI=1S/C17H13ClN4OS/c18-12-4-6-14(7-5-12)21-10-20-17-22(11-21)16(23)15(24-17)9-13-3-1-2-8-19-13/h1-9H,10-11H2. The van der Waals surface area contributed by atoms with Gasteiger partial charge in [0.2, 0.25) is 0 Å². The van der Waals surface area contributed by atoms with Gasteiger partial charge < -0.3 is 4.90 Å². The van der Waals surface area contributed by atoms with Crippen LogP contribution in [0.25, 0.3) is 6.08 Å². The van der Waals surface area contributed by atoms with E-state index in [9.17, 15) is 4.79 Å². The van der Waals surface area contributed by atoms with E-state index in [2.05, 4.69) is 9.98 Å². The van der Waals surface area contributed by atoms with E-state index in [1.54, 1.807) is 16.8 Å². The average Bonchev–Trinajstić information content (AvgIpc) is 2.92. The minimum absolute atomic E-state index is 0.0388. The summed E-state index contributed by atoms with van der Waals surface area (Å²) in [5.74, 6) is 0. The molecule has 0 bridgehead atoms. The third kappa shape index (κ3) is 2.86. The molecule has 3 heterocycles. The topological polar surface area (TPSA) is 50.5 Å². The number of aromatic nitrogens is 2. The van der Waals surface area contributed by atoms with E-state index >= 15 is 0 Å². The van der Waals surface area contributed by atoms with E-state index in [0.717, 1.165) is 16.2 Å². The van der Waals surface area contributed by atoms with E-state index in [4.69, 9.17) is 11.6 Å². The van der Waals surface area contributed by atoms with Crippen LogP contribution in [0, 0.1) is 0 Å². The highest BCUT2D eigenvalue weighted by Gasteiger charge is 2.15.